The lowest BCUT2D eigenvalue weighted by molar-refractivity contribution is 0.187. The van der Waals surface area contributed by atoms with Crippen molar-refractivity contribution in [1.82, 2.24) is 4.90 Å². The summed E-state index contributed by atoms with van der Waals surface area (Å²) >= 11 is 0. The maximum Gasteiger partial charge on any atom is 0.105 e. The summed E-state index contributed by atoms with van der Waals surface area (Å²) in [5.74, 6) is 0.991. The van der Waals surface area contributed by atoms with E-state index in [0.29, 0.717) is 0 Å². The van der Waals surface area contributed by atoms with Crippen molar-refractivity contribution in [1.29, 1.82) is 0 Å². The second kappa shape index (κ2) is 7.48. The minimum atomic E-state index is 0.211. The lowest BCUT2D eigenvalue weighted by atomic mass is 10.1. The molecule has 2 N–H and O–H groups in total. The van der Waals surface area contributed by atoms with Gasteiger partial charge < -0.3 is 19.8 Å². The van der Waals surface area contributed by atoms with Crippen molar-refractivity contribution in [3.8, 4) is 0 Å². The van der Waals surface area contributed by atoms with Crippen molar-refractivity contribution in [2.45, 2.75) is 32.4 Å². The topological polar surface area (TPSA) is 51.6 Å². The third-order valence-electron chi connectivity index (χ3n) is 2.88. The average Bonchev–Trinajstić information content (AvgIpc) is 2.64. The molecule has 0 amide bonds. The maximum atomic E-state index is 6.06. The second-order valence-electron chi connectivity index (χ2n) is 4.59. The number of nitrogens with zero attached hydrogens (tertiary/aromatic N) is 1. The highest BCUT2D eigenvalue weighted by molar-refractivity contribution is 5.14. The summed E-state index contributed by atoms with van der Waals surface area (Å²) in [4.78, 5) is 2.23. The second-order valence-corrected chi connectivity index (χ2v) is 4.59. The summed E-state index contributed by atoms with van der Waals surface area (Å²) in [6.07, 6.45) is 3.76. The Bertz CT molecular complexity index is 312. The van der Waals surface area contributed by atoms with Gasteiger partial charge in [0.2, 0.25) is 0 Å². The molecule has 17 heavy (non-hydrogen) atoms. The Kier molecular flexibility index (Phi) is 6.26. The van der Waals surface area contributed by atoms with Gasteiger partial charge in [0.1, 0.15) is 5.76 Å². The number of nitrogens with two attached hydrogens (primary N) is 1. The zero-order valence-electron chi connectivity index (χ0n) is 11.1. The monoisotopic (exact) mass is 240 g/mol. The van der Waals surface area contributed by atoms with Crippen molar-refractivity contribution in [2.24, 2.45) is 5.73 Å². The Morgan fingerprint density at radius 3 is 2.88 bits per heavy atom. The SMILES string of the molecule is COCCCC(N)CN(C)Cc1ccoc1C. The highest BCUT2D eigenvalue weighted by atomic mass is 16.5. The lowest BCUT2D eigenvalue weighted by Crippen LogP contribution is -2.35. The molecule has 0 spiro atoms. The van der Waals surface area contributed by atoms with Crippen LogP contribution in [0.4, 0.5) is 0 Å². The molecule has 0 bridgehead atoms. The Morgan fingerprint density at radius 2 is 2.29 bits per heavy atom. The minimum Gasteiger partial charge on any atom is -0.469 e. The number of hydrogen-bond donors (Lipinski definition) is 1. The number of rotatable bonds is 8. The van der Waals surface area contributed by atoms with Crippen molar-refractivity contribution in [3.63, 3.8) is 0 Å². The van der Waals surface area contributed by atoms with Gasteiger partial charge in [-0.25, -0.2) is 0 Å². The number of ether oxygens (including phenoxy) is 1. The van der Waals surface area contributed by atoms with E-state index in [1.165, 1.54) is 5.56 Å². The normalized spacial score (nSPS) is 13.2. The van der Waals surface area contributed by atoms with E-state index in [0.717, 1.165) is 38.3 Å². The van der Waals surface area contributed by atoms with Gasteiger partial charge in [-0.15, -0.1) is 0 Å². The molecule has 0 aromatic carbocycles. The van der Waals surface area contributed by atoms with Crippen molar-refractivity contribution >= 4 is 0 Å². The zero-order valence-corrected chi connectivity index (χ0v) is 11.1. The van der Waals surface area contributed by atoms with Crippen LogP contribution in [0.5, 0.6) is 0 Å². The van der Waals surface area contributed by atoms with E-state index in [-0.39, 0.29) is 6.04 Å². The average molecular weight is 240 g/mol. The van der Waals surface area contributed by atoms with Gasteiger partial charge in [0.25, 0.3) is 0 Å². The van der Waals surface area contributed by atoms with Crippen LogP contribution in [-0.2, 0) is 11.3 Å². The van der Waals surface area contributed by atoms with E-state index < -0.39 is 0 Å². The quantitative estimate of drug-likeness (QED) is 0.704. The van der Waals surface area contributed by atoms with Gasteiger partial charge >= 0.3 is 0 Å². The van der Waals surface area contributed by atoms with E-state index in [9.17, 15) is 0 Å². The van der Waals surface area contributed by atoms with Crippen molar-refractivity contribution in [2.75, 3.05) is 27.3 Å². The van der Waals surface area contributed by atoms with Gasteiger partial charge in [0.15, 0.2) is 0 Å². The fourth-order valence-electron chi connectivity index (χ4n) is 1.91. The number of furan rings is 1. The lowest BCUT2D eigenvalue weighted by Gasteiger charge is -2.20. The molecule has 1 aromatic rings. The van der Waals surface area contributed by atoms with Crippen LogP contribution in [-0.4, -0.2) is 38.3 Å². The van der Waals surface area contributed by atoms with E-state index in [2.05, 4.69) is 11.9 Å². The smallest absolute Gasteiger partial charge is 0.105 e. The summed E-state index contributed by atoms with van der Waals surface area (Å²) in [6.45, 7) is 4.56. The molecule has 98 valence electrons. The van der Waals surface area contributed by atoms with E-state index >= 15 is 0 Å². The molecule has 0 aliphatic rings. The molecular formula is C13H24N2O2. The molecule has 4 nitrogen and oxygen atoms in total. The summed E-state index contributed by atoms with van der Waals surface area (Å²) in [5.41, 5.74) is 7.29. The third kappa shape index (κ3) is 5.35. The van der Waals surface area contributed by atoms with Crippen LogP contribution < -0.4 is 5.73 Å². The van der Waals surface area contributed by atoms with E-state index in [4.69, 9.17) is 14.9 Å². The predicted molar refractivity (Wildman–Crippen MR) is 68.9 cm³/mol. The Labute approximate surface area is 104 Å². The molecule has 1 aromatic heterocycles. The zero-order chi connectivity index (χ0) is 12.7. The number of likely N-dealkylation sites (N-methyl/N-ethyl adjacent to an activating group) is 1. The van der Waals surface area contributed by atoms with Gasteiger partial charge in [-0.2, -0.15) is 0 Å². The maximum absolute atomic E-state index is 6.06. The highest BCUT2D eigenvalue weighted by Gasteiger charge is 2.09. The molecule has 0 aliphatic carbocycles. The first-order chi connectivity index (χ1) is 8.13. The molecule has 4 heteroatoms. The Hall–Kier alpha value is -0.840. The first-order valence-corrected chi connectivity index (χ1v) is 6.09. The molecule has 0 saturated heterocycles. The molecule has 1 heterocycles. The van der Waals surface area contributed by atoms with Crippen LogP contribution in [0.3, 0.4) is 0 Å². The van der Waals surface area contributed by atoms with E-state index in [1.54, 1.807) is 13.4 Å². The summed E-state index contributed by atoms with van der Waals surface area (Å²) in [5, 5.41) is 0. The van der Waals surface area contributed by atoms with Crippen LogP contribution >= 0.6 is 0 Å². The van der Waals surface area contributed by atoms with Crippen LogP contribution in [0.2, 0.25) is 0 Å². The fraction of sp³-hybridized carbons (Fsp3) is 0.692. The third-order valence-corrected chi connectivity index (χ3v) is 2.88. The predicted octanol–water partition coefficient (Wildman–Crippen LogP) is 1.77. The summed E-state index contributed by atoms with van der Waals surface area (Å²) < 4.78 is 10.3. The van der Waals surface area contributed by atoms with Gasteiger partial charge in [0, 0.05) is 38.4 Å². The summed E-state index contributed by atoms with van der Waals surface area (Å²) in [6, 6.07) is 2.23. The van der Waals surface area contributed by atoms with Crippen LogP contribution in [0.15, 0.2) is 16.7 Å². The minimum absolute atomic E-state index is 0.211. The van der Waals surface area contributed by atoms with Crippen molar-refractivity contribution in [3.05, 3.63) is 23.7 Å². The molecule has 1 atom stereocenters. The standard InChI is InChI=1S/C13H24N2O2/c1-11-12(6-8-17-11)9-15(2)10-13(14)5-4-7-16-3/h6,8,13H,4-5,7,9-10,14H2,1-3H3. The fourth-order valence-corrected chi connectivity index (χ4v) is 1.91. The molecule has 0 radical (unpaired) electrons. The van der Waals surface area contributed by atoms with E-state index in [1.807, 2.05) is 13.0 Å². The highest BCUT2D eigenvalue weighted by Crippen LogP contribution is 2.11. The van der Waals surface area contributed by atoms with Crippen LogP contribution in [0.25, 0.3) is 0 Å². The molecule has 0 fully saturated rings. The molecule has 0 saturated carbocycles. The molecule has 0 aliphatic heterocycles. The van der Waals surface area contributed by atoms with Gasteiger partial charge in [-0.05, 0) is 32.9 Å². The van der Waals surface area contributed by atoms with Gasteiger partial charge in [-0.1, -0.05) is 0 Å². The van der Waals surface area contributed by atoms with Crippen LogP contribution in [0, 0.1) is 6.92 Å². The number of methoxy groups -OCH3 is 1. The van der Waals surface area contributed by atoms with Crippen molar-refractivity contribution < 1.29 is 9.15 Å². The van der Waals surface area contributed by atoms with Gasteiger partial charge in [0.05, 0.1) is 6.26 Å². The van der Waals surface area contributed by atoms with Gasteiger partial charge in [-0.3, -0.25) is 0 Å². The molecule has 1 unspecified atom stereocenters. The Morgan fingerprint density at radius 1 is 1.53 bits per heavy atom. The van der Waals surface area contributed by atoms with Crippen LogP contribution in [0.1, 0.15) is 24.2 Å². The Balaban J connectivity index is 2.24. The number of hydrogen-bond acceptors (Lipinski definition) is 4. The molecular weight excluding hydrogens is 216 g/mol. The molecule has 1 rings (SSSR count). The first-order valence-electron chi connectivity index (χ1n) is 6.09. The number of aryl methyl sites for hydroxylation is 1. The largest absolute Gasteiger partial charge is 0.469 e. The first kappa shape index (κ1) is 14.2. The summed E-state index contributed by atoms with van der Waals surface area (Å²) in [7, 11) is 3.81.